The van der Waals surface area contributed by atoms with Crippen LogP contribution in [-0.4, -0.2) is 32.5 Å². The molecule has 0 spiro atoms. The average molecular weight is 408 g/mol. The van der Waals surface area contributed by atoms with Crippen LogP contribution in [0.4, 0.5) is 5.69 Å². The molecule has 0 saturated heterocycles. The minimum Gasteiger partial charge on any atom is -0.497 e. The number of ketones is 1. The molecule has 2 aromatic rings. The number of nitrogens with one attached hydrogen (secondary N) is 1. The molecule has 132 valence electrons. The predicted molar refractivity (Wildman–Crippen MR) is 97.8 cm³/mol. The summed E-state index contributed by atoms with van der Waals surface area (Å²) in [5, 5.41) is 2.70. The fourth-order valence-electron chi connectivity index (χ4n) is 2.13. The molecule has 0 radical (unpaired) electrons. The van der Waals surface area contributed by atoms with Gasteiger partial charge in [0, 0.05) is 10.5 Å². The van der Waals surface area contributed by atoms with E-state index in [1.165, 1.54) is 14.0 Å². The van der Waals surface area contributed by atoms with E-state index >= 15 is 0 Å². The molecule has 0 heterocycles. The van der Waals surface area contributed by atoms with Crippen LogP contribution in [0.25, 0.3) is 0 Å². The molecule has 0 fully saturated rings. The Labute approximate surface area is 154 Å². The highest BCUT2D eigenvalue weighted by Gasteiger charge is 2.13. The Morgan fingerprint density at radius 2 is 1.80 bits per heavy atom. The predicted octanol–water partition coefficient (Wildman–Crippen LogP) is 3.69. The molecule has 0 saturated carbocycles. The Balaban J connectivity index is 2.06. The van der Waals surface area contributed by atoms with Gasteiger partial charge < -0.3 is 19.5 Å². The second kappa shape index (κ2) is 8.53. The summed E-state index contributed by atoms with van der Waals surface area (Å²) in [7, 11) is 3.05. The Hall–Kier alpha value is -2.54. The molecule has 1 N–H and O–H groups in total. The third kappa shape index (κ3) is 4.96. The minimum atomic E-state index is -0.374. The summed E-state index contributed by atoms with van der Waals surface area (Å²) in [6, 6.07) is 10.1. The van der Waals surface area contributed by atoms with Crippen molar-refractivity contribution >= 4 is 33.3 Å². The van der Waals surface area contributed by atoms with Crippen molar-refractivity contribution in [2.75, 3.05) is 26.1 Å². The van der Waals surface area contributed by atoms with Crippen molar-refractivity contribution < 1.29 is 23.8 Å². The summed E-state index contributed by atoms with van der Waals surface area (Å²) >= 11 is 3.31. The lowest BCUT2D eigenvalue weighted by Gasteiger charge is -2.13. The number of hydrogen-bond donors (Lipinski definition) is 1. The van der Waals surface area contributed by atoms with Gasteiger partial charge in [-0.05, 0) is 37.3 Å². The van der Waals surface area contributed by atoms with Crippen molar-refractivity contribution in [3.8, 4) is 17.2 Å². The number of methoxy groups -OCH3 is 2. The minimum absolute atomic E-state index is 0.145. The van der Waals surface area contributed by atoms with E-state index < -0.39 is 0 Å². The number of hydrogen-bond acceptors (Lipinski definition) is 5. The van der Waals surface area contributed by atoms with E-state index in [9.17, 15) is 9.59 Å². The van der Waals surface area contributed by atoms with Crippen LogP contribution < -0.4 is 19.5 Å². The Morgan fingerprint density at radius 3 is 2.44 bits per heavy atom. The van der Waals surface area contributed by atoms with Gasteiger partial charge in [0.05, 0.1) is 25.5 Å². The molecule has 2 aromatic carbocycles. The summed E-state index contributed by atoms with van der Waals surface area (Å²) < 4.78 is 16.6. The first kappa shape index (κ1) is 18.8. The number of benzene rings is 2. The van der Waals surface area contributed by atoms with Gasteiger partial charge in [-0.15, -0.1) is 0 Å². The average Bonchev–Trinajstić information content (AvgIpc) is 2.60. The van der Waals surface area contributed by atoms with Gasteiger partial charge in [-0.3, -0.25) is 9.59 Å². The van der Waals surface area contributed by atoms with Crippen LogP contribution in [0.1, 0.15) is 17.3 Å². The zero-order valence-electron chi connectivity index (χ0n) is 14.1. The van der Waals surface area contributed by atoms with Crippen LogP contribution in [0.5, 0.6) is 17.2 Å². The molecule has 0 atom stereocenters. The lowest BCUT2D eigenvalue weighted by molar-refractivity contribution is -0.118. The third-order valence-electron chi connectivity index (χ3n) is 3.36. The SMILES string of the molecule is COc1ccc(NC(=O)COc2ccc(Br)cc2C(C)=O)c(OC)c1. The fraction of sp³-hybridized carbons (Fsp3) is 0.222. The standard InChI is InChI=1S/C18H18BrNO5/c1-11(21)14-8-12(19)4-7-16(14)25-10-18(22)20-15-6-5-13(23-2)9-17(15)24-3/h4-9H,10H2,1-3H3,(H,20,22). The molecule has 2 rings (SSSR count). The molecular formula is C18H18BrNO5. The quantitative estimate of drug-likeness (QED) is 0.708. The summed E-state index contributed by atoms with van der Waals surface area (Å²) in [6.45, 7) is 1.20. The Morgan fingerprint density at radius 1 is 1.04 bits per heavy atom. The van der Waals surface area contributed by atoms with Crippen LogP contribution in [0.2, 0.25) is 0 Å². The smallest absolute Gasteiger partial charge is 0.262 e. The van der Waals surface area contributed by atoms with E-state index in [4.69, 9.17) is 14.2 Å². The molecule has 6 nitrogen and oxygen atoms in total. The van der Waals surface area contributed by atoms with Gasteiger partial charge in [0.15, 0.2) is 12.4 Å². The van der Waals surface area contributed by atoms with Gasteiger partial charge >= 0.3 is 0 Å². The van der Waals surface area contributed by atoms with Crippen molar-refractivity contribution in [2.45, 2.75) is 6.92 Å². The number of carbonyl (C=O) groups is 2. The van der Waals surface area contributed by atoms with Crippen molar-refractivity contribution in [3.05, 3.63) is 46.4 Å². The number of Topliss-reactive ketones (excluding diaryl/α,β-unsaturated/α-hetero) is 1. The molecule has 0 aliphatic carbocycles. The lowest BCUT2D eigenvalue weighted by atomic mass is 10.1. The number of rotatable bonds is 7. The normalized spacial score (nSPS) is 10.1. The zero-order valence-corrected chi connectivity index (χ0v) is 15.7. The molecule has 7 heteroatoms. The molecule has 1 amide bonds. The summed E-state index contributed by atoms with van der Waals surface area (Å²) in [4.78, 5) is 23.8. The van der Waals surface area contributed by atoms with Crippen molar-refractivity contribution in [2.24, 2.45) is 0 Å². The monoisotopic (exact) mass is 407 g/mol. The van der Waals surface area contributed by atoms with Gasteiger partial charge in [-0.25, -0.2) is 0 Å². The fourth-order valence-corrected chi connectivity index (χ4v) is 2.50. The Kier molecular flexibility index (Phi) is 6.41. The van der Waals surface area contributed by atoms with Crippen LogP contribution in [0.15, 0.2) is 40.9 Å². The highest BCUT2D eigenvalue weighted by Crippen LogP contribution is 2.29. The maximum Gasteiger partial charge on any atom is 0.262 e. The second-order valence-corrected chi connectivity index (χ2v) is 6.02. The van der Waals surface area contributed by atoms with Crippen molar-refractivity contribution in [1.82, 2.24) is 0 Å². The first-order valence-corrected chi connectivity index (χ1v) is 8.19. The first-order chi connectivity index (χ1) is 11.9. The maximum absolute atomic E-state index is 12.1. The maximum atomic E-state index is 12.1. The van der Waals surface area contributed by atoms with Gasteiger partial charge in [0.25, 0.3) is 5.91 Å². The molecule has 0 aliphatic rings. The topological polar surface area (TPSA) is 73.9 Å². The second-order valence-electron chi connectivity index (χ2n) is 5.10. The third-order valence-corrected chi connectivity index (χ3v) is 3.86. The molecule has 0 bridgehead atoms. The van der Waals surface area contributed by atoms with Crippen LogP contribution in [-0.2, 0) is 4.79 Å². The van der Waals surface area contributed by atoms with E-state index in [0.29, 0.717) is 28.5 Å². The van der Waals surface area contributed by atoms with Crippen molar-refractivity contribution in [1.29, 1.82) is 0 Å². The number of ether oxygens (including phenoxy) is 3. The van der Waals surface area contributed by atoms with Crippen LogP contribution in [0, 0.1) is 0 Å². The largest absolute Gasteiger partial charge is 0.497 e. The molecule has 0 aromatic heterocycles. The van der Waals surface area contributed by atoms with E-state index in [1.54, 1.807) is 43.5 Å². The van der Waals surface area contributed by atoms with Gasteiger partial charge in [-0.1, -0.05) is 15.9 Å². The van der Waals surface area contributed by atoms with Gasteiger partial charge in [-0.2, -0.15) is 0 Å². The number of anilines is 1. The first-order valence-electron chi connectivity index (χ1n) is 7.39. The summed E-state index contributed by atoms with van der Waals surface area (Å²) in [5.41, 5.74) is 0.906. The molecule has 25 heavy (non-hydrogen) atoms. The van der Waals surface area contributed by atoms with Crippen LogP contribution in [0.3, 0.4) is 0 Å². The summed E-state index contributed by atoms with van der Waals surface area (Å²) in [5.74, 6) is 0.926. The van der Waals surface area contributed by atoms with E-state index in [2.05, 4.69) is 21.2 Å². The van der Waals surface area contributed by atoms with Crippen molar-refractivity contribution in [3.63, 3.8) is 0 Å². The van der Waals surface area contributed by atoms with E-state index in [0.717, 1.165) is 4.47 Å². The zero-order chi connectivity index (χ0) is 18.4. The highest BCUT2D eigenvalue weighted by atomic mass is 79.9. The number of amides is 1. The lowest BCUT2D eigenvalue weighted by Crippen LogP contribution is -2.21. The molecular weight excluding hydrogens is 390 g/mol. The van der Waals surface area contributed by atoms with E-state index in [1.807, 2.05) is 0 Å². The number of halogens is 1. The van der Waals surface area contributed by atoms with E-state index in [-0.39, 0.29) is 18.3 Å². The summed E-state index contributed by atoms with van der Waals surface area (Å²) in [6.07, 6.45) is 0. The Bertz CT molecular complexity index is 791. The van der Waals surface area contributed by atoms with Gasteiger partial charge in [0.1, 0.15) is 17.2 Å². The number of carbonyl (C=O) groups excluding carboxylic acids is 2. The van der Waals surface area contributed by atoms with Gasteiger partial charge in [0.2, 0.25) is 0 Å². The highest BCUT2D eigenvalue weighted by molar-refractivity contribution is 9.10. The molecule has 0 unspecified atom stereocenters. The van der Waals surface area contributed by atoms with Crippen LogP contribution >= 0.6 is 15.9 Å². The molecule has 0 aliphatic heterocycles.